The monoisotopic (exact) mass is 245 g/mol. The lowest BCUT2D eigenvalue weighted by Gasteiger charge is -2.18. The topological polar surface area (TPSA) is 35.1 Å². The highest BCUT2D eigenvalue weighted by Crippen LogP contribution is 2.28. The van der Waals surface area contributed by atoms with Crippen molar-refractivity contribution in [3.8, 4) is 0 Å². The fourth-order valence-corrected chi connectivity index (χ4v) is 2.72. The third-order valence-corrected chi connectivity index (χ3v) is 3.57. The van der Waals surface area contributed by atoms with Gasteiger partial charge in [-0.3, -0.25) is 4.79 Å². The molecule has 0 spiro atoms. The predicted octanol–water partition coefficient (Wildman–Crippen LogP) is 3.74. The Bertz CT molecular complexity index is 590. The largest absolute Gasteiger partial charge is 0.466 e. The minimum atomic E-state index is 0.177. The van der Waals surface area contributed by atoms with Gasteiger partial charge in [-0.2, -0.15) is 0 Å². The highest BCUT2D eigenvalue weighted by atomic mass is 16.3. The summed E-state index contributed by atoms with van der Waals surface area (Å²) in [5.41, 5.74) is 4.04. The number of aldehydes is 1. The van der Waals surface area contributed by atoms with E-state index in [1.54, 1.807) is 0 Å². The molecule has 0 radical (unpaired) electrons. The molecular formula is C15H19NO2. The number of hydrogen-bond acceptors (Lipinski definition) is 2. The fraction of sp³-hybridized carbons (Fsp3) is 0.400. The van der Waals surface area contributed by atoms with Crippen LogP contribution in [0.25, 0.3) is 0 Å². The summed E-state index contributed by atoms with van der Waals surface area (Å²) in [7, 11) is 0. The van der Waals surface area contributed by atoms with Gasteiger partial charge in [-0.15, -0.1) is 0 Å². The Morgan fingerprint density at radius 3 is 2.33 bits per heavy atom. The predicted molar refractivity (Wildman–Crippen MR) is 71.3 cm³/mol. The molecule has 0 amide bonds. The zero-order chi connectivity index (χ0) is 13.4. The number of hydrogen-bond donors (Lipinski definition) is 0. The first-order valence-electron chi connectivity index (χ1n) is 6.16. The second kappa shape index (κ2) is 4.48. The first-order chi connectivity index (χ1) is 8.45. The summed E-state index contributed by atoms with van der Waals surface area (Å²) in [5, 5.41) is 0. The van der Waals surface area contributed by atoms with Crippen LogP contribution in [0.1, 0.15) is 51.8 Å². The van der Waals surface area contributed by atoms with Crippen molar-refractivity contribution >= 4 is 6.29 Å². The maximum atomic E-state index is 11.0. The standard InChI is InChI=1S/C15H19NO2/c1-9-6-14(8-17)11(3)16(9)12(4)15-7-10(2)18-13(15)5/h6-8,12H,1-5H3. The molecule has 0 aliphatic carbocycles. The molecule has 0 saturated heterocycles. The van der Waals surface area contributed by atoms with Gasteiger partial charge < -0.3 is 8.98 Å². The fourth-order valence-electron chi connectivity index (χ4n) is 2.72. The SMILES string of the molecule is Cc1cc(C(C)n2c(C)cc(C=O)c2C)c(C)o1. The van der Waals surface area contributed by atoms with Gasteiger partial charge in [-0.1, -0.05) is 0 Å². The van der Waals surface area contributed by atoms with E-state index in [4.69, 9.17) is 4.42 Å². The summed E-state index contributed by atoms with van der Waals surface area (Å²) in [6.45, 7) is 10.1. The number of carbonyl (C=O) groups is 1. The smallest absolute Gasteiger partial charge is 0.151 e. The Balaban J connectivity index is 2.52. The molecule has 96 valence electrons. The van der Waals surface area contributed by atoms with Crippen molar-refractivity contribution in [1.82, 2.24) is 4.57 Å². The first-order valence-corrected chi connectivity index (χ1v) is 6.16. The summed E-state index contributed by atoms with van der Waals surface area (Å²) in [6.07, 6.45) is 0.916. The van der Waals surface area contributed by atoms with E-state index in [1.165, 1.54) is 5.56 Å². The number of aryl methyl sites for hydroxylation is 3. The van der Waals surface area contributed by atoms with Crippen LogP contribution in [-0.4, -0.2) is 10.9 Å². The highest BCUT2D eigenvalue weighted by molar-refractivity contribution is 5.77. The molecule has 0 aliphatic heterocycles. The van der Waals surface area contributed by atoms with Crippen LogP contribution >= 0.6 is 0 Å². The average molecular weight is 245 g/mol. The van der Waals surface area contributed by atoms with Gasteiger partial charge in [0.25, 0.3) is 0 Å². The van der Waals surface area contributed by atoms with Gasteiger partial charge in [0, 0.05) is 22.5 Å². The van der Waals surface area contributed by atoms with Crippen LogP contribution in [0.4, 0.5) is 0 Å². The van der Waals surface area contributed by atoms with Crippen LogP contribution < -0.4 is 0 Å². The van der Waals surface area contributed by atoms with E-state index in [0.29, 0.717) is 0 Å². The zero-order valence-corrected chi connectivity index (χ0v) is 11.6. The van der Waals surface area contributed by atoms with E-state index in [1.807, 2.05) is 33.8 Å². The molecule has 3 heteroatoms. The maximum absolute atomic E-state index is 11.0. The third-order valence-electron chi connectivity index (χ3n) is 3.57. The van der Waals surface area contributed by atoms with Crippen molar-refractivity contribution in [2.45, 2.75) is 40.7 Å². The van der Waals surface area contributed by atoms with Crippen molar-refractivity contribution in [2.75, 3.05) is 0 Å². The molecule has 0 saturated carbocycles. The molecule has 1 unspecified atom stereocenters. The molecule has 2 rings (SSSR count). The number of furan rings is 1. The van der Waals surface area contributed by atoms with Crippen LogP contribution in [-0.2, 0) is 0 Å². The summed E-state index contributed by atoms with van der Waals surface area (Å²) in [6, 6.07) is 4.18. The number of nitrogens with zero attached hydrogens (tertiary/aromatic N) is 1. The quantitative estimate of drug-likeness (QED) is 0.772. The van der Waals surface area contributed by atoms with E-state index in [0.717, 1.165) is 34.8 Å². The van der Waals surface area contributed by atoms with E-state index >= 15 is 0 Å². The molecule has 2 aromatic rings. The zero-order valence-electron chi connectivity index (χ0n) is 11.6. The summed E-state index contributed by atoms with van der Waals surface area (Å²) in [5.74, 6) is 1.87. The summed E-state index contributed by atoms with van der Waals surface area (Å²) in [4.78, 5) is 11.0. The minimum absolute atomic E-state index is 0.177. The molecule has 3 nitrogen and oxygen atoms in total. The molecule has 0 fully saturated rings. The Hall–Kier alpha value is -1.77. The normalized spacial score (nSPS) is 12.7. The lowest BCUT2D eigenvalue weighted by atomic mass is 10.1. The third kappa shape index (κ3) is 1.90. The molecule has 2 aromatic heterocycles. The van der Waals surface area contributed by atoms with Crippen molar-refractivity contribution in [2.24, 2.45) is 0 Å². The first kappa shape index (κ1) is 12.7. The van der Waals surface area contributed by atoms with Crippen molar-refractivity contribution in [3.63, 3.8) is 0 Å². The van der Waals surface area contributed by atoms with Crippen LogP contribution in [0.15, 0.2) is 16.5 Å². The molecule has 0 bridgehead atoms. The van der Waals surface area contributed by atoms with E-state index in [-0.39, 0.29) is 6.04 Å². The Labute approximate surface area is 107 Å². The lowest BCUT2D eigenvalue weighted by Crippen LogP contribution is -2.10. The van der Waals surface area contributed by atoms with Crippen LogP contribution in [0.5, 0.6) is 0 Å². The molecular weight excluding hydrogens is 226 g/mol. The highest BCUT2D eigenvalue weighted by Gasteiger charge is 2.18. The van der Waals surface area contributed by atoms with E-state index < -0.39 is 0 Å². The Morgan fingerprint density at radius 1 is 1.22 bits per heavy atom. The minimum Gasteiger partial charge on any atom is -0.466 e. The van der Waals surface area contributed by atoms with E-state index in [9.17, 15) is 4.79 Å². The molecule has 0 N–H and O–H groups in total. The molecule has 0 aliphatic rings. The van der Waals surface area contributed by atoms with Crippen molar-refractivity contribution in [1.29, 1.82) is 0 Å². The van der Waals surface area contributed by atoms with Crippen LogP contribution in [0, 0.1) is 27.7 Å². The van der Waals surface area contributed by atoms with Gasteiger partial charge >= 0.3 is 0 Å². The molecule has 18 heavy (non-hydrogen) atoms. The lowest BCUT2D eigenvalue weighted by molar-refractivity contribution is 0.112. The number of aromatic nitrogens is 1. The van der Waals surface area contributed by atoms with Crippen molar-refractivity contribution < 1.29 is 9.21 Å². The number of carbonyl (C=O) groups excluding carboxylic acids is 1. The number of rotatable bonds is 3. The van der Waals surface area contributed by atoms with Gasteiger partial charge in [0.15, 0.2) is 6.29 Å². The summed E-state index contributed by atoms with van der Waals surface area (Å²) >= 11 is 0. The van der Waals surface area contributed by atoms with Gasteiger partial charge in [-0.05, 0) is 46.8 Å². The average Bonchev–Trinajstić information content (AvgIpc) is 2.78. The Morgan fingerprint density at radius 2 is 1.89 bits per heavy atom. The van der Waals surface area contributed by atoms with Gasteiger partial charge in [-0.25, -0.2) is 0 Å². The van der Waals surface area contributed by atoms with Gasteiger partial charge in [0.2, 0.25) is 0 Å². The molecule has 0 aromatic carbocycles. The van der Waals surface area contributed by atoms with Gasteiger partial charge in [0.1, 0.15) is 11.5 Å². The summed E-state index contributed by atoms with van der Waals surface area (Å²) < 4.78 is 7.77. The van der Waals surface area contributed by atoms with E-state index in [2.05, 4.69) is 17.6 Å². The molecule has 1 atom stereocenters. The second-order valence-electron chi connectivity index (χ2n) is 4.86. The maximum Gasteiger partial charge on any atom is 0.151 e. The van der Waals surface area contributed by atoms with Crippen molar-refractivity contribution in [3.05, 3.63) is 46.2 Å². The Kier molecular flexibility index (Phi) is 3.16. The van der Waals surface area contributed by atoms with Gasteiger partial charge in [0.05, 0.1) is 6.04 Å². The molecule has 2 heterocycles. The second-order valence-corrected chi connectivity index (χ2v) is 4.86. The van der Waals surface area contributed by atoms with Crippen LogP contribution in [0.3, 0.4) is 0 Å². The van der Waals surface area contributed by atoms with Crippen LogP contribution in [0.2, 0.25) is 0 Å².